The first-order valence-corrected chi connectivity index (χ1v) is 4.80. The molecule has 1 heterocycles. The van der Waals surface area contributed by atoms with Crippen LogP contribution in [0.2, 0.25) is 0 Å². The monoisotopic (exact) mass is 195 g/mol. The summed E-state index contributed by atoms with van der Waals surface area (Å²) in [5, 5.41) is 9.34. The van der Waals surface area contributed by atoms with Gasteiger partial charge in [-0.1, -0.05) is 12.1 Å². The number of hydrogen-bond acceptors (Lipinski definition) is 2. The fourth-order valence-electron chi connectivity index (χ4n) is 1.88. The molecule has 76 valence electrons. The van der Waals surface area contributed by atoms with Crippen molar-refractivity contribution < 1.29 is 9.50 Å². The summed E-state index contributed by atoms with van der Waals surface area (Å²) in [5.74, 6) is 0. The second-order valence-corrected chi connectivity index (χ2v) is 3.73. The van der Waals surface area contributed by atoms with Crippen LogP contribution >= 0.6 is 0 Å². The molecule has 0 saturated heterocycles. The minimum atomic E-state index is -0.966. The Labute approximate surface area is 83.0 Å². The Kier molecular flexibility index (Phi) is 2.42. The third-order valence-corrected chi connectivity index (χ3v) is 2.76. The van der Waals surface area contributed by atoms with E-state index >= 15 is 0 Å². The van der Waals surface area contributed by atoms with Gasteiger partial charge < -0.3 is 10.0 Å². The van der Waals surface area contributed by atoms with Crippen LogP contribution in [0.4, 0.5) is 10.1 Å². The van der Waals surface area contributed by atoms with E-state index in [0.29, 0.717) is 5.56 Å². The van der Waals surface area contributed by atoms with Crippen molar-refractivity contribution in [2.24, 2.45) is 0 Å². The van der Waals surface area contributed by atoms with Crippen molar-refractivity contribution in [3.8, 4) is 0 Å². The number of fused-ring (bicyclic) bond motifs is 1. The zero-order valence-corrected chi connectivity index (χ0v) is 8.20. The van der Waals surface area contributed by atoms with Crippen molar-refractivity contribution >= 4 is 5.69 Å². The number of alkyl halides is 1. The van der Waals surface area contributed by atoms with E-state index in [0.717, 1.165) is 13.0 Å². The van der Waals surface area contributed by atoms with E-state index in [9.17, 15) is 9.50 Å². The van der Waals surface area contributed by atoms with Crippen molar-refractivity contribution in [2.45, 2.75) is 12.5 Å². The topological polar surface area (TPSA) is 23.5 Å². The fourth-order valence-corrected chi connectivity index (χ4v) is 1.88. The Hall–Kier alpha value is -1.09. The molecule has 1 N–H and O–H groups in total. The van der Waals surface area contributed by atoms with Crippen LogP contribution in [0.1, 0.15) is 17.2 Å². The van der Waals surface area contributed by atoms with Crippen LogP contribution in [-0.4, -0.2) is 25.4 Å². The molecule has 2 nitrogen and oxygen atoms in total. The third kappa shape index (κ3) is 1.48. The molecule has 14 heavy (non-hydrogen) atoms. The maximum absolute atomic E-state index is 12.2. The molecule has 0 aromatic heterocycles. The van der Waals surface area contributed by atoms with Crippen LogP contribution in [0, 0.1) is 0 Å². The summed E-state index contributed by atoms with van der Waals surface area (Å²) in [6.45, 7) is 0.291. The molecule has 1 aromatic rings. The lowest BCUT2D eigenvalue weighted by Crippen LogP contribution is -2.12. The van der Waals surface area contributed by atoms with Crippen LogP contribution in [-0.2, 0) is 6.42 Å². The van der Waals surface area contributed by atoms with Gasteiger partial charge in [0.15, 0.2) is 0 Å². The maximum atomic E-state index is 12.2. The van der Waals surface area contributed by atoms with E-state index in [4.69, 9.17) is 0 Å². The van der Waals surface area contributed by atoms with Gasteiger partial charge in [0, 0.05) is 19.3 Å². The molecule has 3 heteroatoms. The molecule has 1 aliphatic rings. The fraction of sp³-hybridized carbons (Fsp3) is 0.455. The van der Waals surface area contributed by atoms with E-state index in [1.165, 1.54) is 11.3 Å². The summed E-state index contributed by atoms with van der Waals surface area (Å²) in [7, 11) is 2.04. The third-order valence-electron chi connectivity index (χ3n) is 2.76. The van der Waals surface area contributed by atoms with E-state index in [1.807, 2.05) is 19.2 Å². The predicted molar refractivity (Wildman–Crippen MR) is 54.4 cm³/mol. The molecule has 0 fully saturated rings. The van der Waals surface area contributed by atoms with Crippen molar-refractivity contribution in [2.75, 3.05) is 25.2 Å². The quantitative estimate of drug-likeness (QED) is 0.776. The smallest absolute Gasteiger partial charge is 0.119 e. The lowest BCUT2D eigenvalue weighted by Gasteiger charge is -2.13. The minimum absolute atomic E-state index is 0.682. The second kappa shape index (κ2) is 3.58. The first-order valence-electron chi connectivity index (χ1n) is 4.80. The number of rotatable bonds is 2. The van der Waals surface area contributed by atoms with Crippen molar-refractivity contribution in [3.05, 3.63) is 29.3 Å². The van der Waals surface area contributed by atoms with Gasteiger partial charge in [-0.05, 0) is 23.6 Å². The summed E-state index contributed by atoms with van der Waals surface area (Å²) in [5.41, 5.74) is 3.08. The van der Waals surface area contributed by atoms with Gasteiger partial charge in [0.2, 0.25) is 0 Å². The average Bonchev–Trinajstić information content (AvgIpc) is 2.59. The van der Waals surface area contributed by atoms with Crippen LogP contribution < -0.4 is 4.90 Å². The number of likely N-dealkylation sites (N-methyl/N-ethyl adjacent to an activating group) is 1. The number of anilines is 1. The van der Waals surface area contributed by atoms with Crippen molar-refractivity contribution in [1.29, 1.82) is 0 Å². The SMILES string of the molecule is CN1CCc2cc(C(O)CF)ccc21. The standard InChI is InChI=1S/C11H14FNO/c1-13-5-4-8-6-9(11(14)7-12)2-3-10(8)13/h2-3,6,11,14H,4-5,7H2,1H3. The van der Waals surface area contributed by atoms with Gasteiger partial charge >= 0.3 is 0 Å². The molecule has 1 aliphatic heterocycles. The summed E-state index contributed by atoms with van der Waals surface area (Å²) >= 11 is 0. The largest absolute Gasteiger partial charge is 0.386 e. The van der Waals surface area contributed by atoms with Crippen LogP contribution in [0.3, 0.4) is 0 Å². The zero-order chi connectivity index (χ0) is 10.1. The Morgan fingerprint density at radius 1 is 1.57 bits per heavy atom. The Balaban J connectivity index is 2.32. The van der Waals surface area contributed by atoms with Crippen LogP contribution in [0.5, 0.6) is 0 Å². The highest BCUT2D eigenvalue weighted by molar-refractivity contribution is 5.58. The van der Waals surface area contributed by atoms with Gasteiger partial charge in [0.1, 0.15) is 12.8 Å². The zero-order valence-electron chi connectivity index (χ0n) is 8.20. The van der Waals surface area contributed by atoms with E-state index in [-0.39, 0.29) is 0 Å². The van der Waals surface area contributed by atoms with Gasteiger partial charge in [0.05, 0.1) is 0 Å². The molecule has 1 unspecified atom stereocenters. The number of aliphatic hydroxyl groups excluding tert-OH is 1. The molecule has 0 spiro atoms. The van der Waals surface area contributed by atoms with Gasteiger partial charge in [-0.3, -0.25) is 0 Å². The molecular formula is C11H14FNO. The van der Waals surface area contributed by atoms with Crippen molar-refractivity contribution in [1.82, 2.24) is 0 Å². The summed E-state index contributed by atoms with van der Waals surface area (Å²) in [4.78, 5) is 2.17. The van der Waals surface area contributed by atoms with E-state index in [2.05, 4.69) is 4.90 Å². The molecular weight excluding hydrogens is 181 g/mol. The highest BCUT2D eigenvalue weighted by atomic mass is 19.1. The summed E-state index contributed by atoms with van der Waals surface area (Å²) < 4.78 is 12.2. The minimum Gasteiger partial charge on any atom is -0.386 e. The first-order chi connectivity index (χ1) is 6.72. The molecule has 0 bridgehead atoms. The lowest BCUT2D eigenvalue weighted by molar-refractivity contribution is 0.141. The Morgan fingerprint density at radius 3 is 3.07 bits per heavy atom. The lowest BCUT2D eigenvalue weighted by atomic mass is 10.0. The van der Waals surface area contributed by atoms with Gasteiger partial charge in [-0.25, -0.2) is 4.39 Å². The predicted octanol–water partition coefficient (Wildman–Crippen LogP) is 1.68. The molecule has 2 rings (SSSR count). The van der Waals surface area contributed by atoms with Gasteiger partial charge in [-0.15, -0.1) is 0 Å². The number of nitrogens with zero attached hydrogens (tertiary/aromatic N) is 1. The molecule has 1 aromatic carbocycles. The molecule has 0 saturated carbocycles. The van der Waals surface area contributed by atoms with Gasteiger partial charge in [-0.2, -0.15) is 0 Å². The second-order valence-electron chi connectivity index (χ2n) is 3.73. The summed E-state index contributed by atoms with van der Waals surface area (Å²) in [6, 6.07) is 5.66. The Morgan fingerprint density at radius 2 is 2.36 bits per heavy atom. The van der Waals surface area contributed by atoms with Crippen molar-refractivity contribution in [3.63, 3.8) is 0 Å². The van der Waals surface area contributed by atoms with E-state index in [1.54, 1.807) is 6.07 Å². The molecule has 0 radical (unpaired) electrons. The Bertz CT molecular complexity index is 340. The van der Waals surface area contributed by atoms with E-state index < -0.39 is 12.8 Å². The first kappa shape index (κ1) is 9.46. The highest BCUT2D eigenvalue weighted by Crippen LogP contribution is 2.29. The number of benzene rings is 1. The average molecular weight is 195 g/mol. The molecule has 0 amide bonds. The maximum Gasteiger partial charge on any atom is 0.119 e. The summed E-state index contributed by atoms with van der Waals surface area (Å²) in [6.07, 6.45) is 0.0183. The molecule has 1 atom stereocenters. The number of hydrogen-bond donors (Lipinski definition) is 1. The molecule has 0 aliphatic carbocycles. The van der Waals surface area contributed by atoms with Crippen LogP contribution in [0.15, 0.2) is 18.2 Å². The van der Waals surface area contributed by atoms with Gasteiger partial charge in [0.25, 0.3) is 0 Å². The number of halogens is 1. The normalized spacial score (nSPS) is 16.9. The highest BCUT2D eigenvalue weighted by Gasteiger charge is 2.17. The number of aliphatic hydroxyl groups is 1. The van der Waals surface area contributed by atoms with Crippen LogP contribution in [0.25, 0.3) is 0 Å².